The summed E-state index contributed by atoms with van der Waals surface area (Å²) in [4.78, 5) is 34.3. The summed E-state index contributed by atoms with van der Waals surface area (Å²) in [5, 5.41) is 16.2. The third-order valence-corrected chi connectivity index (χ3v) is 9.66. The molecule has 2 aliphatic heterocycles. The number of aromatic nitrogens is 2. The molecule has 1 spiro atoms. The highest BCUT2D eigenvalue weighted by molar-refractivity contribution is 6.39. The fourth-order valence-electron chi connectivity index (χ4n) is 6.48. The molecule has 0 radical (unpaired) electrons. The van der Waals surface area contributed by atoms with Gasteiger partial charge in [0.25, 0.3) is 0 Å². The number of hydrogen-bond donors (Lipinski definition) is 3. The first-order chi connectivity index (χ1) is 23.2. The van der Waals surface area contributed by atoms with Crippen LogP contribution >= 0.6 is 23.2 Å². The Morgan fingerprint density at radius 3 is 2.00 bits per heavy atom. The third-order valence-electron chi connectivity index (χ3n) is 8.85. The fourth-order valence-corrected chi connectivity index (χ4v) is 7.13. The lowest BCUT2D eigenvalue weighted by molar-refractivity contribution is -0.137. The molecule has 1 amide bonds. The Morgan fingerprint density at radius 1 is 0.896 bits per heavy atom. The molecule has 10 nitrogen and oxygen atoms in total. The third kappa shape index (κ3) is 7.12. The highest BCUT2D eigenvalue weighted by Crippen LogP contribution is 2.42. The molecule has 0 unspecified atom stereocenters. The SMILES string of the molecule is COc1nc(-c2cccc(-c3cccc(-c4ccc(CN5CC6(CCC(=O)N6)C5)c(OC)n4)c3Cl)c2Cl)ccc1CNCCCC(=O)O. The summed E-state index contributed by atoms with van der Waals surface area (Å²) in [5.41, 5.74) is 6.03. The predicted octanol–water partition coefficient (Wildman–Crippen LogP) is 6.22. The van der Waals surface area contributed by atoms with Crippen LogP contribution < -0.4 is 20.1 Å². The van der Waals surface area contributed by atoms with E-state index < -0.39 is 5.97 Å². The first kappa shape index (κ1) is 33.7. The molecule has 0 saturated carbocycles. The van der Waals surface area contributed by atoms with Crippen molar-refractivity contribution in [1.29, 1.82) is 0 Å². The molecule has 0 atom stereocenters. The van der Waals surface area contributed by atoms with E-state index in [9.17, 15) is 9.59 Å². The molecule has 0 bridgehead atoms. The second-order valence-corrected chi connectivity index (χ2v) is 13.0. The molecular formula is C36H37Cl2N5O5. The average Bonchev–Trinajstić information content (AvgIpc) is 3.46. The summed E-state index contributed by atoms with van der Waals surface area (Å²) in [6.45, 7) is 3.37. The Balaban J connectivity index is 1.21. The zero-order valence-electron chi connectivity index (χ0n) is 26.8. The second kappa shape index (κ2) is 14.5. The number of benzene rings is 2. The number of ether oxygens (including phenoxy) is 2. The lowest BCUT2D eigenvalue weighted by Gasteiger charge is -2.48. The van der Waals surface area contributed by atoms with Crippen LogP contribution in [0.5, 0.6) is 11.8 Å². The lowest BCUT2D eigenvalue weighted by atomic mass is 9.88. The number of carboxylic acids is 1. The van der Waals surface area contributed by atoms with Gasteiger partial charge in [-0.25, -0.2) is 9.97 Å². The van der Waals surface area contributed by atoms with Crippen molar-refractivity contribution in [1.82, 2.24) is 25.5 Å². The van der Waals surface area contributed by atoms with Crippen LogP contribution in [0.2, 0.25) is 10.0 Å². The van der Waals surface area contributed by atoms with E-state index in [1.807, 2.05) is 60.7 Å². The first-order valence-electron chi connectivity index (χ1n) is 15.8. The monoisotopic (exact) mass is 689 g/mol. The van der Waals surface area contributed by atoms with Gasteiger partial charge in [0.2, 0.25) is 17.7 Å². The maximum Gasteiger partial charge on any atom is 0.303 e. The number of amides is 1. The van der Waals surface area contributed by atoms with Crippen LogP contribution in [0, 0.1) is 0 Å². The molecule has 2 fully saturated rings. The standard InChI is InChI=1S/C36H37Cl2N5O5/c1-47-34-22(18-39-17-5-10-31(45)46)11-13-28(40-34)26-8-3-6-24(32(26)37)25-7-4-9-27(33(25)38)29-14-12-23(35(41-29)48-2)19-43-20-36(21-43)16-15-30(44)42-36/h3-4,6-9,11-14,39H,5,10,15-21H2,1-2H3,(H,42,44)(H,45,46). The van der Waals surface area contributed by atoms with Crippen LogP contribution in [-0.2, 0) is 22.7 Å². The summed E-state index contributed by atoms with van der Waals surface area (Å²) in [6.07, 6.45) is 2.13. The number of carbonyl (C=O) groups is 2. The van der Waals surface area contributed by atoms with E-state index in [0.717, 1.165) is 52.9 Å². The van der Waals surface area contributed by atoms with E-state index in [0.29, 0.717) is 65.7 Å². The Bertz CT molecular complexity index is 1850. The number of hydrogen-bond acceptors (Lipinski definition) is 8. The molecule has 2 aliphatic rings. The van der Waals surface area contributed by atoms with Crippen LogP contribution in [0.4, 0.5) is 0 Å². The van der Waals surface area contributed by atoms with Gasteiger partial charge >= 0.3 is 5.97 Å². The van der Waals surface area contributed by atoms with E-state index in [1.165, 1.54) is 0 Å². The highest BCUT2D eigenvalue weighted by atomic mass is 35.5. The Kier molecular flexibility index (Phi) is 10.2. The van der Waals surface area contributed by atoms with Crippen molar-refractivity contribution in [2.45, 2.75) is 44.3 Å². The molecule has 250 valence electrons. The van der Waals surface area contributed by atoms with Crippen LogP contribution in [0.1, 0.15) is 36.8 Å². The normalized spacial score (nSPS) is 15.3. The van der Waals surface area contributed by atoms with Crippen molar-refractivity contribution in [3.63, 3.8) is 0 Å². The van der Waals surface area contributed by atoms with Crippen LogP contribution in [0.3, 0.4) is 0 Å². The van der Waals surface area contributed by atoms with Crippen LogP contribution in [0.15, 0.2) is 60.7 Å². The molecule has 12 heteroatoms. The van der Waals surface area contributed by atoms with Gasteiger partial charge in [0.05, 0.1) is 41.2 Å². The molecule has 6 rings (SSSR count). The van der Waals surface area contributed by atoms with Crippen LogP contribution in [0.25, 0.3) is 33.6 Å². The number of likely N-dealkylation sites (tertiary alicyclic amines) is 1. The van der Waals surface area contributed by atoms with E-state index >= 15 is 0 Å². The largest absolute Gasteiger partial charge is 0.481 e. The number of pyridine rings is 2. The van der Waals surface area contributed by atoms with Crippen molar-refractivity contribution in [2.75, 3.05) is 33.9 Å². The van der Waals surface area contributed by atoms with Gasteiger partial charge in [-0.3, -0.25) is 14.5 Å². The highest BCUT2D eigenvalue weighted by Gasteiger charge is 2.47. The molecule has 2 saturated heterocycles. The smallest absolute Gasteiger partial charge is 0.303 e. The molecule has 2 aromatic heterocycles. The minimum atomic E-state index is -0.812. The molecule has 0 aliphatic carbocycles. The van der Waals surface area contributed by atoms with Gasteiger partial charge < -0.3 is 25.2 Å². The second-order valence-electron chi connectivity index (χ2n) is 12.2. The van der Waals surface area contributed by atoms with Crippen molar-refractivity contribution >= 4 is 35.1 Å². The van der Waals surface area contributed by atoms with Gasteiger partial charge in [-0.05, 0) is 31.5 Å². The topological polar surface area (TPSA) is 126 Å². The first-order valence-corrected chi connectivity index (χ1v) is 16.6. The molecule has 3 N–H and O–H groups in total. The Hall–Kier alpha value is -4.22. The Labute approximate surface area is 289 Å². The zero-order chi connectivity index (χ0) is 33.8. The minimum Gasteiger partial charge on any atom is -0.481 e. The number of rotatable bonds is 13. The number of nitrogens with one attached hydrogen (secondary N) is 2. The molecule has 4 aromatic rings. The summed E-state index contributed by atoms with van der Waals surface area (Å²) >= 11 is 14.1. The van der Waals surface area contributed by atoms with E-state index in [-0.39, 0.29) is 17.9 Å². The van der Waals surface area contributed by atoms with Crippen molar-refractivity contribution < 1.29 is 24.2 Å². The van der Waals surface area contributed by atoms with Gasteiger partial charge in [-0.2, -0.15) is 0 Å². The maximum atomic E-state index is 11.7. The van der Waals surface area contributed by atoms with Gasteiger partial charge in [0, 0.05) is 72.4 Å². The van der Waals surface area contributed by atoms with E-state index in [2.05, 4.69) is 15.5 Å². The summed E-state index contributed by atoms with van der Waals surface area (Å²) in [5.74, 6) is 0.313. The molecule has 48 heavy (non-hydrogen) atoms. The molecule has 2 aromatic carbocycles. The van der Waals surface area contributed by atoms with Crippen molar-refractivity contribution in [3.8, 4) is 45.4 Å². The zero-order valence-corrected chi connectivity index (χ0v) is 28.3. The number of carbonyl (C=O) groups excluding carboxylic acids is 1. The lowest BCUT2D eigenvalue weighted by Crippen LogP contribution is -2.66. The fraction of sp³-hybridized carbons (Fsp3) is 0.333. The van der Waals surface area contributed by atoms with Gasteiger partial charge in [0.15, 0.2) is 0 Å². The quantitative estimate of drug-likeness (QED) is 0.140. The molecule has 4 heterocycles. The van der Waals surface area contributed by atoms with Crippen LogP contribution in [-0.4, -0.2) is 71.2 Å². The van der Waals surface area contributed by atoms with Crippen molar-refractivity contribution in [3.05, 3.63) is 81.8 Å². The van der Waals surface area contributed by atoms with Gasteiger partial charge in [-0.1, -0.05) is 71.7 Å². The number of aliphatic carboxylic acids is 1. The summed E-state index contributed by atoms with van der Waals surface area (Å²) in [6, 6.07) is 19.3. The van der Waals surface area contributed by atoms with Crippen molar-refractivity contribution in [2.24, 2.45) is 0 Å². The summed E-state index contributed by atoms with van der Waals surface area (Å²) in [7, 11) is 3.18. The number of nitrogens with zero attached hydrogens (tertiary/aromatic N) is 3. The summed E-state index contributed by atoms with van der Waals surface area (Å²) < 4.78 is 11.3. The number of halogens is 2. The Morgan fingerprint density at radius 2 is 1.46 bits per heavy atom. The minimum absolute atomic E-state index is 0.0845. The molecular weight excluding hydrogens is 653 g/mol. The van der Waals surface area contributed by atoms with Gasteiger partial charge in [-0.15, -0.1) is 0 Å². The number of carboxylic acid groups (broad SMARTS) is 1. The average molecular weight is 691 g/mol. The predicted molar refractivity (Wildman–Crippen MR) is 185 cm³/mol. The maximum absolute atomic E-state index is 11.7. The number of methoxy groups -OCH3 is 2. The van der Waals surface area contributed by atoms with Gasteiger partial charge in [0.1, 0.15) is 0 Å². The van der Waals surface area contributed by atoms with E-state index in [4.69, 9.17) is 47.8 Å². The van der Waals surface area contributed by atoms with E-state index in [1.54, 1.807) is 14.2 Å².